The molecule has 2 N–H and O–H groups in total. The second-order valence-electron chi connectivity index (χ2n) is 6.06. The van der Waals surface area contributed by atoms with Crippen LogP contribution < -0.4 is 15.2 Å². The lowest BCUT2D eigenvalue weighted by Gasteiger charge is -2.22. The molecule has 21 heavy (non-hydrogen) atoms. The van der Waals surface area contributed by atoms with E-state index >= 15 is 0 Å². The Morgan fingerprint density at radius 1 is 1.43 bits per heavy atom. The van der Waals surface area contributed by atoms with Crippen LogP contribution >= 0.6 is 0 Å². The van der Waals surface area contributed by atoms with Crippen molar-refractivity contribution in [2.24, 2.45) is 11.1 Å². The van der Waals surface area contributed by atoms with Gasteiger partial charge in [-0.05, 0) is 42.6 Å². The monoisotopic (exact) mass is 290 g/mol. The van der Waals surface area contributed by atoms with Crippen molar-refractivity contribution in [2.45, 2.75) is 19.9 Å². The molecule has 1 atom stereocenters. The fourth-order valence-corrected chi connectivity index (χ4v) is 2.76. The van der Waals surface area contributed by atoms with Gasteiger partial charge < -0.3 is 15.2 Å². The summed E-state index contributed by atoms with van der Waals surface area (Å²) in [5.41, 5.74) is 7.36. The van der Waals surface area contributed by atoms with Crippen LogP contribution in [-0.2, 0) is 6.54 Å². The summed E-state index contributed by atoms with van der Waals surface area (Å²) in [6.07, 6.45) is 2.90. The van der Waals surface area contributed by atoms with Gasteiger partial charge in [-0.15, -0.1) is 0 Å². The number of methoxy groups -OCH3 is 1. The van der Waals surface area contributed by atoms with Gasteiger partial charge in [0.05, 0.1) is 7.11 Å². The number of likely N-dealkylation sites (tertiary alicyclic amines) is 1. The van der Waals surface area contributed by atoms with E-state index in [-0.39, 0.29) is 5.41 Å². The molecular weight excluding hydrogens is 264 g/mol. The van der Waals surface area contributed by atoms with Crippen LogP contribution in [0.1, 0.15) is 18.9 Å². The van der Waals surface area contributed by atoms with E-state index in [2.05, 4.69) is 30.5 Å². The molecule has 1 aromatic rings. The summed E-state index contributed by atoms with van der Waals surface area (Å²) >= 11 is 0. The summed E-state index contributed by atoms with van der Waals surface area (Å²) in [4.78, 5) is 2.45. The molecule has 4 heteroatoms. The fourth-order valence-electron chi connectivity index (χ4n) is 2.76. The van der Waals surface area contributed by atoms with Crippen molar-refractivity contribution >= 4 is 0 Å². The van der Waals surface area contributed by atoms with Crippen molar-refractivity contribution in [3.63, 3.8) is 0 Å². The summed E-state index contributed by atoms with van der Waals surface area (Å²) in [6.45, 7) is 10.2. The van der Waals surface area contributed by atoms with Gasteiger partial charge in [0.25, 0.3) is 0 Å². The van der Waals surface area contributed by atoms with Gasteiger partial charge in [0.1, 0.15) is 6.61 Å². The molecule has 4 nitrogen and oxygen atoms in total. The topological polar surface area (TPSA) is 47.7 Å². The molecule has 0 radical (unpaired) electrons. The number of ether oxygens (including phenoxy) is 2. The zero-order valence-corrected chi connectivity index (χ0v) is 13.1. The Bertz CT molecular complexity index is 490. The highest BCUT2D eigenvalue weighted by Gasteiger charge is 2.32. The Morgan fingerprint density at radius 2 is 2.24 bits per heavy atom. The average molecular weight is 290 g/mol. The Labute approximate surface area is 127 Å². The zero-order valence-electron chi connectivity index (χ0n) is 13.1. The first-order valence-electron chi connectivity index (χ1n) is 7.43. The average Bonchev–Trinajstić information content (AvgIpc) is 2.87. The van der Waals surface area contributed by atoms with Gasteiger partial charge in [0.2, 0.25) is 0 Å². The maximum absolute atomic E-state index is 5.86. The minimum Gasteiger partial charge on any atom is -0.493 e. The second-order valence-corrected chi connectivity index (χ2v) is 6.06. The SMILES string of the molecule is C=CCOc1ccc(CN2CCC(C)(CN)C2)cc1OC. The highest BCUT2D eigenvalue weighted by atomic mass is 16.5. The van der Waals surface area contributed by atoms with Crippen LogP contribution in [0.5, 0.6) is 11.5 Å². The molecule has 1 aliphatic heterocycles. The van der Waals surface area contributed by atoms with Crippen LogP contribution in [0.15, 0.2) is 30.9 Å². The van der Waals surface area contributed by atoms with E-state index in [9.17, 15) is 0 Å². The number of nitrogens with two attached hydrogens (primary N) is 1. The summed E-state index contributed by atoms with van der Waals surface area (Å²) in [7, 11) is 1.67. The van der Waals surface area contributed by atoms with Crippen LogP contribution in [0.4, 0.5) is 0 Å². The van der Waals surface area contributed by atoms with Crippen molar-refractivity contribution < 1.29 is 9.47 Å². The molecule has 1 aromatic carbocycles. The van der Waals surface area contributed by atoms with E-state index in [0.717, 1.165) is 37.7 Å². The first-order chi connectivity index (χ1) is 10.1. The van der Waals surface area contributed by atoms with Gasteiger partial charge in [0.15, 0.2) is 11.5 Å². The molecule has 1 unspecified atom stereocenters. The van der Waals surface area contributed by atoms with Crippen LogP contribution in [0.3, 0.4) is 0 Å². The minimum absolute atomic E-state index is 0.261. The third-order valence-electron chi connectivity index (χ3n) is 4.12. The molecule has 2 rings (SSSR count). The van der Waals surface area contributed by atoms with E-state index in [1.165, 1.54) is 12.0 Å². The summed E-state index contributed by atoms with van der Waals surface area (Å²) < 4.78 is 11.0. The molecule has 116 valence electrons. The van der Waals surface area contributed by atoms with Gasteiger partial charge in [-0.2, -0.15) is 0 Å². The summed E-state index contributed by atoms with van der Waals surface area (Å²) in [5, 5.41) is 0. The van der Waals surface area contributed by atoms with E-state index in [1.54, 1.807) is 13.2 Å². The van der Waals surface area contributed by atoms with E-state index in [1.807, 2.05) is 6.07 Å². The first-order valence-corrected chi connectivity index (χ1v) is 7.43. The molecule has 0 aliphatic carbocycles. The Kier molecular flexibility index (Phi) is 5.26. The fraction of sp³-hybridized carbons (Fsp3) is 0.529. The highest BCUT2D eigenvalue weighted by Crippen LogP contribution is 2.32. The lowest BCUT2D eigenvalue weighted by atomic mass is 9.90. The smallest absolute Gasteiger partial charge is 0.161 e. The summed E-state index contributed by atoms with van der Waals surface area (Å²) in [5.74, 6) is 1.53. The third kappa shape index (κ3) is 3.99. The van der Waals surface area contributed by atoms with Gasteiger partial charge in [-0.1, -0.05) is 25.6 Å². The molecule has 0 amide bonds. The van der Waals surface area contributed by atoms with Crippen molar-refractivity contribution in [3.05, 3.63) is 36.4 Å². The molecule has 0 bridgehead atoms. The predicted molar refractivity (Wildman–Crippen MR) is 85.7 cm³/mol. The second kappa shape index (κ2) is 6.96. The number of benzene rings is 1. The van der Waals surface area contributed by atoms with Crippen LogP contribution in [0.25, 0.3) is 0 Å². The quantitative estimate of drug-likeness (QED) is 0.784. The number of hydrogen-bond donors (Lipinski definition) is 1. The molecule has 1 heterocycles. The van der Waals surface area contributed by atoms with E-state index in [0.29, 0.717) is 6.61 Å². The molecule has 1 saturated heterocycles. The minimum atomic E-state index is 0.261. The van der Waals surface area contributed by atoms with Crippen molar-refractivity contribution in [2.75, 3.05) is 33.4 Å². The molecule has 0 spiro atoms. The standard InChI is InChI=1S/C17H26N2O2/c1-4-9-21-15-6-5-14(10-16(15)20-3)11-19-8-7-17(2,12-18)13-19/h4-6,10H,1,7-9,11-13,18H2,2-3H3. The summed E-state index contributed by atoms with van der Waals surface area (Å²) in [6, 6.07) is 6.12. The maximum atomic E-state index is 5.86. The Morgan fingerprint density at radius 3 is 2.86 bits per heavy atom. The maximum Gasteiger partial charge on any atom is 0.161 e. The van der Waals surface area contributed by atoms with Crippen LogP contribution in [-0.4, -0.2) is 38.3 Å². The third-order valence-corrected chi connectivity index (χ3v) is 4.12. The molecular formula is C17H26N2O2. The lowest BCUT2D eigenvalue weighted by molar-refractivity contribution is 0.273. The molecule has 1 aliphatic rings. The Balaban J connectivity index is 2.02. The number of nitrogens with zero attached hydrogens (tertiary/aromatic N) is 1. The molecule has 0 aromatic heterocycles. The van der Waals surface area contributed by atoms with Crippen LogP contribution in [0.2, 0.25) is 0 Å². The van der Waals surface area contributed by atoms with Gasteiger partial charge in [0, 0.05) is 13.1 Å². The number of rotatable bonds is 7. The van der Waals surface area contributed by atoms with Gasteiger partial charge in [-0.3, -0.25) is 4.90 Å². The van der Waals surface area contributed by atoms with Crippen LogP contribution in [0, 0.1) is 5.41 Å². The Hall–Kier alpha value is -1.52. The largest absolute Gasteiger partial charge is 0.493 e. The first kappa shape index (κ1) is 15.9. The highest BCUT2D eigenvalue weighted by molar-refractivity contribution is 5.43. The van der Waals surface area contributed by atoms with Gasteiger partial charge >= 0.3 is 0 Å². The predicted octanol–water partition coefficient (Wildman–Crippen LogP) is 2.43. The van der Waals surface area contributed by atoms with E-state index in [4.69, 9.17) is 15.2 Å². The van der Waals surface area contributed by atoms with E-state index < -0.39 is 0 Å². The zero-order chi connectivity index (χ0) is 15.3. The lowest BCUT2D eigenvalue weighted by Crippen LogP contribution is -2.31. The molecule has 1 fully saturated rings. The van der Waals surface area contributed by atoms with Crippen molar-refractivity contribution in [1.82, 2.24) is 4.90 Å². The molecule has 0 saturated carbocycles. The van der Waals surface area contributed by atoms with Gasteiger partial charge in [-0.25, -0.2) is 0 Å². The number of hydrogen-bond acceptors (Lipinski definition) is 4. The van der Waals surface area contributed by atoms with Crippen molar-refractivity contribution in [3.8, 4) is 11.5 Å². The normalized spacial score (nSPS) is 22.2. The van der Waals surface area contributed by atoms with Crippen molar-refractivity contribution in [1.29, 1.82) is 0 Å².